The van der Waals surface area contributed by atoms with Gasteiger partial charge in [-0.3, -0.25) is 0 Å². The molecule has 0 radical (unpaired) electrons. The lowest BCUT2D eigenvalue weighted by molar-refractivity contribution is -0.525. The van der Waals surface area contributed by atoms with E-state index in [2.05, 4.69) is 10.3 Å². The fourth-order valence-corrected chi connectivity index (χ4v) is 2.46. The zero-order chi connectivity index (χ0) is 22.0. The molecule has 8 N–H and O–H groups in total. The molecular formula is C18H31N7O4. The van der Waals surface area contributed by atoms with Crippen LogP contribution in [-0.2, 0) is 16.1 Å². The monoisotopic (exact) mass is 409 g/mol. The molecule has 162 valence electrons. The van der Waals surface area contributed by atoms with E-state index in [4.69, 9.17) is 21.9 Å². The molecule has 1 rings (SSSR count). The molecular weight excluding hydrogens is 378 g/mol. The molecule has 0 saturated heterocycles. The van der Waals surface area contributed by atoms with Crippen LogP contribution in [-0.4, -0.2) is 41.2 Å². The number of hydrazine groups is 1. The van der Waals surface area contributed by atoms with Crippen LogP contribution in [0.5, 0.6) is 0 Å². The van der Waals surface area contributed by atoms with Crippen molar-refractivity contribution in [3.8, 4) is 0 Å². The van der Waals surface area contributed by atoms with E-state index in [0.29, 0.717) is 25.2 Å². The van der Waals surface area contributed by atoms with E-state index in [1.807, 2.05) is 24.3 Å². The maximum atomic E-state index is 12.4. The minimum absolute atomic E-state index is 0.228. The Morgan fingerprint density at radius 2 is 1.97 bits per heavy atom. The summed E-state index contributed by atoms with van der Waals surface area (Å²) < 4.78 is 5.32. The summed E-state index contributed by atoms with van der Waals surface area (Å²) in [6, 6.07) is 6.24. The fraction of sp³-hybridized carbons (Fsp3) is 0.556. The summed E-state index contributed by atoms with van der Waals surface area (Å²) in [4.78, 5) is 26.8. The number of hydrogen-bond donors (Lipinski definition) is 5. The number of hydrogen-bond acceptors (Lipinski definition) is 8. The Hall–Kier alpha value is -2.92. The number of nitro groups is 1. The van der Waals surface area contributed by atoms with Crippen molar-refractivity contribution in [1.29, 1.82) is 0 Å². The van der Waals surface area contributed by atoms with Gasteiger partial charge in [0.05, 0.1) is 0 Å². The van der Waals surface area contributed by atoms with Crippen molar-refractivity contribution < 1.29 is 14.6 Å². The largest absolute Gasteiger partial charge is 0.458 e. The van der Waals surface area contributed by atoms with Crippen LogP contribution >= 0.6 is 0 Å². The van der Waals surface area contributed by atoms with Crippen LogP contribution < -0.4 is 27.9 Å². The number of guanidine groups is 1. The Kier molecular flexibility index (Phi) is 9.29. The van der Waals surface area contributed by atoms with Crippen molar-refractivity contribution in [3.05, 3.63) is 39.9 Å². The van der Waals surface area contributed by atoms with E-state index in [1.54, 1.807) is 26.2 Å². The number of nitrogens with one attached hydrogen (secondary N) is 2. The number of ether oxygens (including phenoxy) is 1. The lowest BCUT2D eigenvalue weighted by Crippen LogP contribution is -2.40. The van der Waals surface area contributed by atoms with E-state index in [1.165, 1.54) is 0 Å². The minimum atomic E-state index is -1.00. The van der Waals surface area contributed by atoms with Crippen LogP contribution in [0.1, 0.15) is 39.2 Å². The Balaban J connectivity index is 2.61. The smallest absolute Gasteiger partial charge is 0.331 e. The highest BCUT2D eigenvalue weighted by atomic mass is 16.7. The SMILES string of the molecule is CC(C)(C)OC(=O)C(CC[C@H](N)CNCc1ccccc1N)N=C(N)N[N+](=O)[O-]. The molecule has 2 atom stereocenters. The molecule has 0 aliphatic heterocycles. The van der Waals surface area contributed by atoms with Gasteiger partial charge in [0.2, 0.25) is 0 Å². The van der Waals surface area contributed by atoms with E-state index in [-0.39, 0.29) is 12.5 Å². The summed E-state index contributed by atoms with van der Waals surface area (Å²) in [5.74, 6) is -1.10. The van der Waals surface area contributed by atoms with Crippen molar-refractivity contribution >= 4 is 17.6 Å². The third kappa shape index (κ3) is 10.3. The highest BCUT2D eigenvalue weighted by molar-refractivity contribution is 5.83. The first-order chi connectivity index (χ1) is 13.5. The van der Waals surface area contributed by atoms with Gasteiger partial charge in [0.1, 0.15) is 5.60 Å². The zero-order valence-corrected chi connectivity index (χ0v) is 17.1. The lowest BCUT2D eigenvalue weighted by Gasteiger charge is -2.23. The van der Waals surface area contributed by atoms with Crippen molar-refractivity contribution in [2.75, 3.05) is 12.3 Å². The third-order valence-electron chi connectivity index (χ3n) is 3.77. The molecule has 0 heterocycles. The maximum absolute atomic E-state index is 12.4. The summed E-state index contributed by atoms with van der Waals surface area (Å²) in [5, 5.41) is 12.9. The average molecular weight is 409 g/mol. The fourth-order valence-electron chi connectivity index (χ4n) is 2.46. The normalized spacial score (nSPS) is 14.1. The van der Waals surface area contributed by atoms with Crippen LogP contribution in [0.2, 0.25) is 0 Å². The van der Waals surface area contributed by atoms with Gasteiger partial charge in [-0.1, -0.05) is 23.6 Å². The summed E-state index contributed by atoms with van der Waals surface area (Å²) >= 11 is 0. The third-order valence-corrected chi connectivity index (χ3v) is 3.77. The Labute approximate surface area is 170 Å². The number of nitrogen functional groups attached to an aromatic ring is 1. The molecule has 0 bridgehead atoms. The average Bonchev–Trinajstić information content (AvgIpc) is 2.58. The molecule has 1 aromatic rings. The van der Waals surface area contributed by atoms with Gasteiger partial charge >= 0.3 is 5.97 Å². The Morgan fingerprint density at radius 3 is 2.55 bits per heavy atom. The van der Waals surface area contributed by atoms with Crippen LogP contribution in [0.4, 0.5) is 5.69 Å². The van der Waals surface area contributed by atoms with Gasteiger partial charge < -0.3 is 27.3 Å². The maximum Gasteiger partial charge on any atom is 0.331 e. The number of anilines is 1. The number of aliphatic imine (C=N–C) groups is 1. The number of esters is 1. The van der Waals surface area contributed by atoms with Crippen LogP contribution in [0.15, 0.2) is 29.3 Å². The summed E-state index contributed by atoms with van der Waals surface area (Å²) in [6.45, 7) is 6.20. The molecule has 0 amide bonds. The molecule has 29 heavy (non-hydrogen) atoms. The van der Waals surface area contributed by atoms with Gasteiger partial charge in [0.15, 0.2) is 11.1 Å². The highest BCUT2D eigenvalue weighted by Gasteiger charge is 2.26. The second-order valence-corrected chi connectivity index (χ2v) is 7.60. The number of nitrogens with two attached hydrogens (primary N) is 3. The summed E-state index contributed by atoms with van der Waals surface area (Å²) in [6.07, 6.45) is 0.655. The number of nitrogens with zero attached hydrogens (tertiary/aromatic N) is 2. The first kappa shape index (κ1) is 24.1. The molecule has 0 fully saturated rings. The Bertz CT molecular complexity index is 718. The number of rotatable bonds is 10. The van der Waals surface area contributed by atoms with Crippen LogP contribution in [0.3, 0.4) is 0 Å². The van der Waals surface area contributed by atoms with E-state index in [0.717, 1.165) is 5.56 Å². The predicted molar refractivity (Wildman–Crippen MR) is 111 cm³/mol. The molecule has 0 aliphatic rings. The van der Waals surface area contributed by atoms with Gasteiger partial charge in [-0.15, -0.1) is 0 Å². The number of carbonyl (C=O) groups is 1. The number of benzene rings is 1. The van der Waals surface area contributed by atoms with Crippen molar-refractivity contribution in [1.82, 2.24) is 10.7 Å². The van der Waals surface area contributed by atoms with Gasteiger partial charge in [0, 0.05) is 24.8 Å². The molecule has 11 nitrogen and oxygen atoms in total. The van der Waals surface area contributed by atoms with E-state index < -0.39 is 28.6 Å². The molecule has 0 spiro atoms. The first-order valence-electron chi connectivity index (χ1n) is 9.25. The number of carbonyl (C=O) groups excluding carboxylic acids is 1. The Morgan fingerprint density at radius 1 is 1.31 bits per heavy atom. The number of para-hydroxylation sites is 1. The predicted octanol–water partition coefficient (Wildman–Crippen LogP) is 0.272. The van der Waals surface area contributed by atoms with Crippen molar-refractivity contribution in [2.24, 2.45) is 16.5 Å². The van der Waals surface area contributed by atoms with Crippen LogP contribution in [0.25, 0.3) is 0 Å². The first-order valence-corrected chi connectivity index (χ1v) is 9.25. The quantitative estimate of drug-likeness (QED) is 0.0903. The van der Waals surface area contributed by atoms with Crippen molar-refractivity contribution in [2.45, 2.75) is 57.8 Å². The summed E-state index contributed by atoms with van der Waals surface area (Å²) in [7, 11) is 0. The van der Waals surface area contributed by atoms with Gasteiger partial charge in [-0.2, -0.15) is 0 Å². The van der Waals surface area contributed by atoms with E-state index >= 15 is 0 Å². The second-order valence-electron chi connectivity index (χ2n) is 7.60. The highest BCUT2D eigenvalue weighted by Crippen LogP contribution is 2.14. The topological polar surface area (TPSA) is 184 Å². The molecule has 0 aliphatic carbocycles. The van der Waals surface area contributed by atoms with Crippen LogP contribution in [0, 0.1) is 10.1 Å². The van der Waals surface area contributed by atoms with Gasteiger partial charge in [0.25, 0.3) is 5.96 Å². The minimum Gasteiger partial charge on any atom is -0.458 e. The standard InChI is InChI=1S/C18H31N7O4/c1-18(2,3)29-16(26)15(23-17(21)24-25(27)28)9-8-13(19)11-22-10-12-6-4-5-7-14(12)20/h4-7,13,15,22H,8-11,19-20H2,1-3H3,(H3,21,23,24)/t13-,15?/m0/s1. The zero-order valence-electron chi connectivity index (χ0n) is 17.1. The molecule has 1 unspecified atom stereocenters. The molecule has 11 heteroatoms. The van der Waals surface area contributed by atoms with Gasteiger partial charge in [-0.25, -0.2) is 19.9 Å². The molecule has 0 saturated carbocycles. The lowest BCUT2D eigenvalue weighted by atomic mass is 10.1. The van der Waals surface area contributed by atoms with Crippen molar-refractivity contribution in [3.63, 3.8) is 0 Å². The molecule has 0 aromatic heterocycles. The van der Waals surface area contributed by atoms with E-state index in [9.17, 15) is 14.9 Å². The molecule has 1 aromatic carbocycles. The summed E-state index contributed by atoms with van der Waals surface area (Å²) in [5.41, 5.74) is 20.1. The second kappa shape index (κ2) is 11.2. The van der Waals surface area contributed by atoms with Gasteiger partial charge in [-0.05, 0) is 45.2 Å².